The van der Waals surface area contributed by atoms with Gasteiger partial charge in [0.2, 0.25) is 5.91 Å². The fourth-order valence-corrected chi connectivity index (χ4v) is 5.34. The summed E-state index contributed by atoms with van der Waals surface area (Å²) in [5, 5.41) is 2.06. The molecule has 8 heteroatoms. The third kappa shape index (κ3) is 6.25. The molecule has 0 saturated carbocycles. The highest BCUT2D eigenvalue weighted by molar-refractivity contribution is 7.10. The van der Waals surface area contributed by atoms with E-state index in [9.17, 15) is 9.59 Å². The van der Waals surface area contributed by atoms with Gasteiger partial charge in [-0.1, -0.05) is 24.3 Å². The molecule has 2 heterocycles. The van der Waals surface area contributed by atoms with E-state index >= 15 is 0 Å². The van der Waals surface area contributed by atoms with Gasteiger partial charge in [0.15, 0.2) is 0 Å². The molecular weight excluding hydrogens is 476 g/mol. The highest BCUT2D eigenvalue weighted by Gasteiger charge is 2.33. The summed E-state index contributed by atoms with van der Waals surface area (Å²) in [6.07, 6.45) is 1.45. The molecule has 1 aliphatic heterocycles. The van der Waals surface area contributed by atoms with Crippen LogP contribution in [0.1, 0.15) is 33.3 Å². The van der Waals surface area contributed by atoms with Crippen LogP contribution in [-0.4, -0.2) is 68.7 Å². The first-order valence-corrected chi connectivity index (χ1v) is 12.9. The molecule has 1 aromatic heterocycles. The van der Waals surface area contributed by atoms with Crippen LogP contribution in [0.4, 0.5) is 0 Å². The quantitative estimate of drug-likeness (QED) is 0.358. The van der Waals surface area contributed by atoms with E-state index in [1.165, 1.54) is 4.88 Å². The van der Waals surface area contributed by atoms with E-state index in [2.05, 4.69) is 11.4 Å². The van der Waals surface area contributed by atoms with Crippen molar-refractivity contribution in [2.24, 2.45) is 0 Å². The lowest BCUT2D eigenvalue weighted by Gasteiger charge is -2.37. The monoisotopic (exact) mass is 508 g/mol. The number of methoxy groups -OCH3 is 2. The topological polar surface area (TPSA) is 68.3 Å². The van der Waals surface area contributed by atoms with Crippen molar-refractivity contribution >= 4 is 23.2 Å². The van der Waals surface area contributed by atoms with Gasteiger partial charge in [-0.15, -0.1) is 11.3 Å². The Morgan fingerprint density at radius 3 is 2.64 bits per heavy atom. The molecule has 0 radical (unpaired) electrons. The van der Waals surface area contributed by atoms with Crippen molar-refractivity contribution in [1.82, 2.24) is 9.80 Å². The van der Waals surface area contributed by atoms with Crippen molar-refractivity contribution in [1.29, 1.82) is 0 Å². The molecular formula is C28H32N2O5S. The van der Waals surface area contributed by atoms with E-state index in [1.54, 1.807) is 42.6 Å². The Kier molecular flexibility index (Phi) is 8.97. The number of carbonyl (C=O) groups excluding carboxylic acids is 2. The summed E-state index contributed by atoms with van der Waals surface area (Å²) < 4.78 is 16.6. The number of fused-ring (bicyclic) bond motifs is 1. The summed E-state index contributed by atoms with van der Waals surface area (Å²) >= 11 is 1.71. The molecule has 2 aromatic carbocycles. The Bertz CT molecular complexity index is 1150. The molecule has 4 rings (SSSR count). The maximum Gasteiger partial charge on any atom is 0.254 e. The van der Waals surface area contributed by atoms with Gasteiger partial charge >= 0.3 is 0 Å². The molecule has 0 spiro atoms. The zero-order chi connectivity index (χ0) is 25.3. The number of hydrogen-bond donors (Lipinski definition) is 0. The molecule has 0 N–H and O–H groups in total. The Balaban J connectivity index is 1.51. The SMILES string of the molecule is COCCCN(CC(=O)N1CCc2sccc2C1COc1cccc(OC)c1)C(=O)c1ccccc1. The van der Waals surface area contributed by atoms with Crippen LogP contribution < -0.4 is 9.47 Å². The standard InChI is InChI=1S/C28H32N2O5S/c1-33-16-7-14-29(28(32)21-8-4-3-5-9-21)19-27(31)30-15-12-26-24(13-17-36-26)25(30)20-35-23-11-6-10-22(18-23)34-2/h3-6,8-11,13,17-18,25H,7,12,14-16,19-20H2,1-2H3. The Morgan fingerprint density at radius 1 is 1.06 bits per heavy atom. The molecule has 1 aliphatic rings. The summed E-state index contributed by atoms with van der Waals surface area (Å²) in [6.45, 7) is 1.87. The van der Waals surface area contributed by atoms with Gasteiger partial charge in [-0.05, 0) is 54.1 Å². The molecule has 0 aliphatic carbocycles. The average molecular weight is 509 g/mol. The van der Waals surface area contributed by atoms with Crippen LogP contribution >= 0.6 is 11.3 Å². The fourth-order valence-electron chi connectivity index (χ4n) is 4.41. The number of ether oxygens (including phenoxy) is 3. The van der Waals surface area contributed by atoms with Crippen LogP contribution in [0.2, 0.25) is 0 Å². The number of nitrogens with zero attached hydrogens (tertiary/aromatic N) is 2. The molecule has 36 heavy (non-hydrogen) atoms. The van der Waals surface area contributed by atoms with Crippen LogP contribution in [-0.2, 0) is 16.0 Å². The zero-order valence-corrected chi connectivity index (χ0v) is 21.5. The highest BCUT2D eigenvalue weighted by atomic mass is 32.1. The number of hydrogen-bond acceptors (Lipinski definition) is 6. The van der Waals surface area contributed by atoms with Crippen molar-refractivity contribution in [3.8, 4) is 11.5 Å². The van der Waals surface area contributed by atoms with Gasteiger partial charge in [0.1, 0.15) is 24.7 Å². The molecule has 7 nitrogen and oxygen atoms in total. The number of carbonyl (C=O) groups is 2. The zero-order valence-electron chi connectivity index (χ0n) is 20.7. The molecule has 0 bridgehead atoms. The van der Waals surface area contributed by atoms with Gasteiger partial charge < -0.3 is 24.0 Å². The van der Waals surface area contributed by atoms with Crippen LogP contribution in [0.25, 0.3) is 0 Å². The lowest BCUT2D eigenvalue weighted by atomic mass is 10.0. The predicted molar refractivity (Wildman–Crippen MR) is 140 cm³/mol. The van der Waals surface area contributed by atoms with Gasteiger partial charge in [-0.2, -0.15) is 0 Å². The van der Waals surface area contributed by atoms with E-state index < -0.39 is 0 Å². The first-order chi connectivity index (χ1) is 17.6. The summed E-state index contributed by atoms with van der Waals surface area (Å²) in [7, 11) is 3.25. The first kappa shape index (κ1) is 25.7. The van der Waals surface area contributed by atoms with Gasteiger partial charge in [0.25, 0.3) is 5.91 Å². The molecule has 2 amide bonds. The molecule has 190 valence electrons. The van der Waals surface area contributed by atoms with Crippen LogP contribution in [0.3, 0.4) is 0 Å². The molecule has 3 aromatic rings. The number of thiophene rings is 1. The maximum absolute atomic E-state index is 13.7. The van der Waals surface area contributed by atoms with Crippen molar-refractivity contribution in [3.63, 3.8) is 0 Å². The van der Waals surface area contributed by atoms with E-state index in [-0.39, 0.29) is 24.4 Å². The normalized spacial score (nSPS) is 14.7. The number of rotatable bonds is 11. The van der Waals surface area contributed by atoms with Crippen LogP contribution in [0, 0.1) is 0 Å². The molecule has 0 fully saturated rings. The summed E-state index contributed by atoms with van der Waals surface area (Å²) in [5.41, 5.74) is 1.68. The first-order valence-electron chi connectivity index (χ1n) is 12.1. The third-order valence-electron chi connectivity index (χ3n) is 6.27. The van der Waals surface area contributed by atoms with Crippen LogP contribution in [0.15, 0.2) is 66.0 Å². The lowest BCUT2D eigenvalue weighted by Crippen LogP contribution is -2.48. The maximum atomic E-state index is 13.7. The molecule has 0 saturated heterocycles. The van der Waals surface area contributed by atoms with Gasteiger partial charge in [0.05, 0.1) is 13.2 Å². The summed E-state index contributed by atoms with van der Waals surface area (Å²) in [4.78, 5) is 31.7. The van der Waals surface area contributed by atoms with Crippen molar-refractivity contribution < 1.29 is 23.8 Å². The fraction of sp³-hybridized carbons (Fsp3) is 0.357. The Labute approximate surface area is 216 Å². The predicted octanol–water partition coefficient (Wildman–Crippen LogP) is 4.44. The third-order valence-corrected chi connectivity index (χ3v) is 7.27. The summed E-state index contributed by atoms with van der Waals surface area (Å²) in [6, 6.07) is 18.4. The Morgan fingerprint density at radius 2 is 1.86 bits per heavy atom. The van der Waals surface area contributed by atoms with Gasteiger partial charge in [0, 0.05) is 43.3 Å². The lowest BCUT2D eigenvalue weighted by molar-refractivity contribution is -0.135. The smallest absolute Gasteiger partial charge is 0.254 e. The van der Waals surface area contributed by atoms with Gasteiger partial charge in [-0.25, -0.2) is 0 Å². The number of amides is 2. The molecule has 1 atom stereocenters. The Hall–Kier alpha value is -3.36. The van der Waals surface area contributed by atoms with E-state index in [0.29, 0.717) is 49.8 Å². The second-order valence-electron chi connectivity index (χ2n) is 8.58. The van der Waals surface area contributed by atoms with E-state index in [0.717, 1.165) is 12.0 Å². The minimum Gasteiger partial charge on any atom is -0.497 e. The second-order valence-corrected chi connectivity index (χ2v) is 9.58. The largest absolute Gasteiger partial charge is 0.497 e. The van der Waals surface area contributed by atoms with Gasteiger partial charge in [-0.3, -0.25) is 9.59 Å². The van der Waals surface area contributed by atoms with E-state index in [4.69, 9.17) is 14.2 Å². The second kappa shape index (κ2) is 12.6. The number of benzene rings is 2. The average Bonchev–Trinajstić information content (AvgIpc) is 3.40. The van der Waals surface area contributed by atoms with Crippen LogP contribution in [0.5, 0.6) is 11.5 Å². The van der Waals surface area contributed by atoms with Crippen molar-refractivity contribution in [3.05, 3.63) is 82.0 Å². The molecule has 1 unspecified atom stereocenters. The van der Waals surface area contributed by atoms with E-state index in [1.807, 2.05) is 47.4 Å². The minimum atomic E-state index is -0.230. The minimum absolute atomic E-state index is 0.00652. The highest BCUT2D eigenvalue weighted by Crippen LogP contribution is 2.34. The van der Waals surface area contributed by atoms with Crippen molar-refractivity contribution in [2.45, 2.75) is 18.9 Å². The van der Waals surface area contributed by atoms with Crippen molar-refractivity contribution in [2.75, 3.05) is 47.1 Å². The summed E-state index contributed by atoms with van der Waals surface area (Å²) in [5.74, 6) is 1.15.